The number of carbonyl (C=O) groups is 1. The molecule has 1 unspecified atom stereocenters. The smallest absolute Gasteiger partial charge is 0.304 e. The second kappa shape index (κ2) is 9.77. The van der Waals surface area contributed by atoms with Gasteiger partial charge in [-0.1, -0.05) is 47.1 Å². The highest BCUT2D eigenvalue weighted by Gasteiger charge is 2.32. The number of aromatic nitrogens is 3. The molecule has 1 aromatic heterocycles. The van der Waals surface area contributed by atoms with Crippen molar-refractivity contribution in [1.82, 2.24) is 19.3 Å². The van der Waals surface area contributed by atoms with Crippen LogP contribution in [-0.2, 0) is 28.4 Å². The number of aliphatic carboxylic acids is 1. The Hall–Kier alpha value is -3.47. The molecule has 0 radical (unpaired) electrons. The summed E-state index contributed by atoms with van der Waals surface area (Å²) in [6.07, 6.45) is -0.146. The number of likely N-dealkylation sites (N-methyl/N-ethyl adjacent to an activating group) is 1. The van der Waals surface area contributed by atoms with Crippen molar-refractivity contribution in [2.45, 2.75) is 23.8 Å². The van der Waals surface area contributed by atoms with E-state index in [9.17, 15) is 18.3 Å². The number of hydrogen-bond donors (Lipinski definition) is 1. The molecule has 3 aromatic carbocycles. The van der Waals surface area contributed by atoms with Crippen molar-refractivity contribution in [3.05, 3.63) is 82.4 Å². The van der Waals surface area contributed by atoms with Crippen LogP contribution >= 0.6 is 11.6 Å². The van der Waals surface area contributed by atoms with Gasteiger partial charge in [0.1, 0.15) is 10.4 Å². The SMILES string of the molecule is CN1CCN(Cc2cc(C(CC(=O)O)c3ccc4c(c3)nnn4C)ccc2Cl)S(=O)(=O)c2ccccc21. The molecule has 4 aromatic rings. The zero-order valence-corrected chi connectivity index (χ0v) is 21.9. The first kappa shape index (κ1) is 25.2. The Kier molecular flexibility index (Phi) is 6.65. The second-order valence-electron chi connectivity index (χ2n) is 9.19. The Bertz CT molecular complexity index is 1600. The van der Waals surface area contributed by atoms with E-state index in [2.05, 4.69) is 10.3 Å². The average molecular weight is 540 g/mol. The Labute approximate surface area is 219 Å². The highest BCUT2D eigenvalue weighted by Crippen LogP contribution is 2.35. The molecule has 0 saturated heterocycles. The van der Waals surface area contributed by atoms with Gasteiger partial charge in [0.15, 0.2) is 0 Å². The molecule has 9 nitrogen and oxygen atoms in total. The van der Waals surface area contributed by atoms with Crippen LogP contribution in [-0.4, -0.2) is 58.9 Å². The van der Waals surface area contributed by atoms with Gasteiger partial charge in [0.05, 0.1) is 17.6 Å². The minimum atomic E-state index is -3.77. The van der Waals surface area contributed by atoms with E-state index in [1.807, 2.05) is 42.3 Å². The van der Waals surface area contributed by atoms with Crippen molar-refractivity contribution in [2.24, 2.45) is 7.05 Å². The molecule has 192 valence electrons. The van der Waals surface area contributed by atoms with Crippen LogP contribution in [0.25, 0.3) is 11.0 Å². The molecular weight excluding hydrogens is 514 g/mol. The van der Waals surface area contributed by atoms with E-state index in [-0.39, 0.29) is 24.4 Å². The normalized spacial score (nSPS) is 16.4. The molecule has 1 N–H and O–H groups in total. The lowest BCUT2D eigenvalue weighted by Gasteiger charge is -2.22. The van der Waals surface area contributed by atoms with Crippen LogP contribution in [0.5, 0.6) is 0 Å². The van der Waals surface area contributed by atoms with Gasteiger partial charge in [-0.3, -0.25) is 4.79 Å². The molecule has 37 heavy (non-hydrogen) atoms. The molecule has 2 heterocycles. The molecule has 1 aliphatic heterocycles. The molecule has 5 rings (SSSR count). The Morgan fingerprint density at radius 1 is 1.05 bits per heavy atom. The number of anilines is 1. The fourth-order valence-corrected chi connectivity index (χ4v) is 6.62. The fraction of sp³-hybridized carbons (Fsp3) is 0.269. The summed E-state index contributed by atoms with van der Waals surface area (Å²) in [4.78, 5) is 14.0. The maximum atomic E-state index is 13.6. The largest absolute Gasteiger partial charge is 0.481 e. The lowest BCUT2D eigenvalue weighted by Crippen LogP contribution is -2.33. The number of fused-ring (bicyclic) bond motifs is 2. The van der Waals surface area contributed by atoms with E-state index in [0.717, 1.165) is 16.6 Å². The first-order valence-corrected chi connectivity index (χ1v) is 13.6. The average Bonchev–Trinajstić information content (AvgIpc) is 3.21. The molecule has 1 aliphatic rings. The van der Waals surface area contributed by atoms with Gasteiger partial charge in [0.2, 0.25) is 10.0 Å². The van der Waals surface area contributed by atoms with Gasteiger partial charge in [-0.2, -0.15) is 4.31 Å². The predicted molar refractivity (Wildman–Crippen MR) is 141 cm³/mol. The van der Waals surface area contributed by atoms with Crippen LogP contribution < -0.4 is 4.90 Å². The van der Waals surface area contributed by atoms with Crippen molar-refractivity contribution >= 4 is 44.3 Å². The molecule has 0 amide bonds. The van der Waals surface area contributed by atoms with E-state index >= 15 is 0 Å². The van der Waals surface area contributed by atoms with Gasteiger partial charge in [-0.15, -0.1) is 5.10 Å². The van der Waals surface area contributed by atoms with E-state index in [4.69, 9.17) is 11.6 Å². The van der Waals surface area contributed by atoms with E-state index in [1.54, 1.807) is 42.1 Å². The minimum Gasteiger partial charge on any atom is -0.481 e. The highest BCUT2D eigenvalue weighted by molar-refractivity contribution is 7.89. The minimum absolute atomic E-state index is 0.0696. The van der Waals surface area contributed by atoms with E-state index in [0.29, 0.717) is 28.3 Å². The lowest BCUT2D eigenvalue weighted by atomic mass is 9.87. The maximum Gasteiger partial charge on any atom is 0.304 e. The van der Waals surface area contributed by atoms with Gasteiger partial charge < -0.3 is 10.0 Å². The van der Waals surface area contributed by atoms with Crippen LogP contribution in [0, 0.1) is 0 Å². The number of hydrogen-bond acceptors (Lipinski definition) is 6. The van der Waals surface area contributed by atoms with Crippen LogP contribution in [0.15, 0.2) is 65.6 Å². The second-order valence-corrected chi connectivity index (χ2v) is 11.5. The summed E-state index contributed by atoms with van der Waals surface area (Å²) in [5.41, 5.74) is 4.29. The lowest BCUT2D eigenvalue weighted by molar-refractivity contribution is -0.137. The van der Waals surface area contributed by atoms with Gasteiger partial charge in [-0.25, -0.2) is 13.1 Å². The van der Waals surface area contributed by atoms with Crippen molar-refractivity contribution in [2.75, 3.05) is 25.0 Å². The summed E-state index contributed by atoms with van der Waals surface area (Å²) in [5, 5.41) is 18.3. The number of carboxylic acids is 1. The number of benzene rings is 3. The van der Waals surface area contributed by atoms with E-state index < -0.39 is 21.9 Å². The van der Waals surface area contributed by atoms with Gasteiger partial charge in [-0.05, 0) is 47.0 Å². The summed E-state index contributed by atoms with van der Waals surface area (Å²) in [5.74, 6) is -1.43. The molecule has 0 aliphatic carbocycles. The Morgan fingerprint density at radius 3 is 2.57 bits per heavy atom. The maximum absolute atomic E-state index is 13.6. The number of rotatable bonds is 6. The standard InChI is InChI=1S/C26H26ClN5O4S/c1-30-11-12-32(37(35,36)25-6-4-3-5-24(25)30)16-19-13-17(7-9-21(19)27)20(15-26(33)34)18-8-10-23-22(14-18)28-29-31(23)2/h3-10,13-14,20H,11-12,15-16H2,1-2H3,(H,33,34). The van der Waals surface area contributed by atoms with Gasteiger partial charge in [0.25, 0.3) is 0 Å². The number of sulfonamides is 1. The van der Waals surface area contributed by atoms with Gasteiger partial charge >= 0.3 is 5.97 Å². The van der Waals surface area contributed by atoms with Crippen molar-refractivity contribution in [3.8, 4) is 0 Å². The Balaban J connectivity index is 1.52. The summed E-state index contributed by atoms with van der Waals surface area (Å²) in [6.45, 7) is 0.878. The first-order chi connectivity index (χ1) is 17.6. The Morgan fingerprint density at radius 2 is 1.78 bits per heavy atom. The van der Waals surface area contributed by atoms with Crippen molar-refractivity contribution < 1.29 is 18.3 Å². The van der Waals surface area contributed by atoms with Crippen molar-refractivity contribution in [1.29, 1.82) is 0 Å². The summed E-state index contributed by atoms with van der Waals surface area (Å²) < 4.78 is 30.2. The third-order valence-electron chi connectivity index (χ3n) is 6.81. The third-order valence-corrected chi connectivity index (χ3v) is 9.08. The molecule has 0 spiro atoms. The first-order valence-electron chi connectivity index (χ1n) is 11.7. The zero-order valence-electron chi connectivity index (χ0n) is 20.4. The summed E-state index contributed by atoms with van der Waals surface area (Å²) in [7, 11) is -0.107. The number of aryl methyl sites for hydroxylation is 1. The van der Waals surface area contributed by atoms with Crippen LogP contribution in [0.3, 0.4) is 0 Å². The molecule has 0 fully saturated rings. The number of nitrogens with zero attached hydrogens (tertiary/aromatic N) is 5. The number of para-hydroxylation sites is 1. The summed E-state index contributed by atoms with van der Waals surface area (Å²) >= 11 is 6.55. The quantitative estimate of drug-likeness (QED) is 0.396. The molecule has 11 heteroatoms. The topological polar surface area (TPSA) is 109 Å². The molecular formula is C26H26ClN5O4S. The van der Waals surface area contributed by atoms with E-state index in [1.165, 1.54) is 4.31 Å². The number of carboxylic acid groups (broad SMARTS) is 1. The zero-order chi connectivity index (χ0) is 26.3. The molecule has 0 saturated carbocycles. The van der Waals surface area contributed by atoms with Crippen LogP contribution in [0.1, 0.15) is 29.0 Å². The van der Waals surface area contributed by atoms with Crippen molar-refractivity contribution in [3.63, 3.8) is 0 Å². The molecule has 0 bridgehead atoms. The highest BCUT2D eigenvalue weighted by atomic mass is 35.5. The molecule has 1 atom stereocenters. The number of halogens is 1. The van der Waals surface area contributed by atoms with Crippen LogP contribution in [0.2, 0.25) is 5.02 Å². The third kappa shape index (κ3) is 4.79. The fourth-order valence-electron chi connectivity index (χ4n) is 4.80. The predicted octanol–water partition coefficient (Wildman–Crippen LogP) is 3.87. The monoisotopic (exact) mass is 539 g/mol. The summed E-state index contributed by atoms with van der Waals surface area (Å²) in [6, 6.07) is 17.8. The van der Waals surface area contributed by atoms with Gasteiger partial charge in [0, 0.05) is 44.7 Å². The van der Waals surface area contributed by atoms with Crippen LogP contribution in [0.4, 0.5) is 5.69 Å².